The molecule has 4 rings (SSSR count). The van der Waals surface area contributed by atoms with Gasteiger partial charge in [-0.3, -0.25) is 4.79 Å². The van der Waals surface area contributed by atoms with E-state index in [0.717, 1.165) is 29.2 Å². The number of carbonyl (C=O) groups excluding carboxylic acids is 1. The van der Waals surface area contributed by atoms with Crippen LogP contribution in [0.1, 0.15) is 23.0 Å². The molecule has 1 aromatic heterocycles. The molecule has 1 unspecified atom stereocenters. The molecule has 5 heteroatoms. The SMILES string of the molecule is CC1Cc2ccccc2N1C(=O)c1ccc(Nc2ccc(N(C)C)cc2)cn1. The lowest BCUT2D eigenvalue weighted by atomic mass is 10.1. The first kappa shape index (κ1) is 18.0. The molecule has 0 saturated heterocycles. The number of aromatic nitrogens is 1. The van der Waals surface area contributed by atoms with Crippen molar-refractivity contribution in [3.63, 3.8) is 0 Å². The van der Waals surface area contributed by atoms with Crippen molar-refractivity contribution in [2.75, 3.05) is 29.2 Å². The predicted molar refractivity (Wildman–Crippen MR) is 115 cm³/mol. The molecule has 0 radical (unpaired) electrons. The van der Waals surface area contributed by atoms with Gasteiger partial charge in [-0.2, -0.15) is 0 Å². The lowest BCUT2D eigenvalue weighted by Gasteiger charge is -2.22. The summed E-state index contributed by atoms with van der Waals surface area (Å²) in [6.07, 6.45) is 2.59. The van der Waals surface area contributed by atoms with Gasteiger partial charge in [0.25, 0.3) is 5.91 Å². The molecule has 1 N–H and O–H groups in total. The molecule has 1 atom stereocenters. The van der Waals surface area contributed by atoms with Gasteiger partial charge in [-0.05, 0) is 61.4 Å². The standard InChI is InChI=1S/C23H24N4O/c1-16-14-17-6-4-5-7-22(17)27(16)23(28)21-13-10-19(15-24-21)25-18-8-11-20(12-9-18)26(2)3/h4-13,15-16,25H,14H2,1-3H3. The van der Waals surface area contributed by atoms with Crippen LogP contribution < -0.4 is 15.1 Å². The highest BCUT2D eigenvalue weighted by atomic mass is 16.2. The molecule has 2 heterocycles. The number of nitrogens with zero attached hydrogens (tertiary/aromatic N) is 3. The summed E-state index contributed by atoms with van der Waals surface area (Å²) >= 11 is 0. The Kier molecular flexibility index (Phi) is 4.74. The molecule has 2 aromatic carbocycles. The van der Waals surface area contributed by atoms with Crippen LogP contribution >= 0.6 is 0 Å². The van der Waals surface area contributed by atoms with Crippen LogP contribution in [0.4, 0.5) is 22.7 Å². The quantitative estimate of drug-likeness (QED) is 0.733. The van der Waals surface area contributed by atoms with Crippen LogP contribution in [0.15, 0.2) is 66.9 Å². The minimum atomic E-state index is -0.0562. The van der Waals surface area contributed by atoms with Crippen LogP contribution in [-0.4, -0.2) is 31.0 Å². The summed E-state index contributed by atoms with van der Waals surface area (Å²) < 4.78 is 0. The molecule has 0 saturated carbocycles. The summed E-state index contributed by atoms with van der Waals surface area (Å²) in [6, 6.07) is 20.1. The summed E-state index contributed by atoms with van der Waals surface area (Å²) in [6.45, 7) is 2.07. The summed E-state index contributed by atoms with van der Waals surface area (Å²) in [5, 5.41) is 3.32. The fourth-order valence-electron chi connectivity index (χ4n) is 3.60. The number of fused-ring (bicyclic) bond motifs is 1. The molecule has 1 aliphatic rings. The van der Waals surface area contributed by atoms with Crippen molar-refractivity contribution < 1.29 is 4.79 Å². The molecule has 142 valence electrons. The predicted octanol–water partition coefficient (Wildman–Crippen LogP) is 4.48. The van der Waals surface area contributed by atoms with Crippen molar-refractivity contribution in [3.8, 4) is 0 Å². The molecule has 0 fully saturated rings. The van der Waals surface area contributed by atoms with Crippen LogP contribution in [0, 0.1) is 0 Å². The summed E-state index contributed by atoms with van der Waals surface area (Å²) in [4.78, 5) is 21.4. The number of amides is 1. The van der Waals surface area contributed by atoms with E-state index in [-0.39, 0.29) is 11.9 Å². The molecule has 28 heavy (non-hydrogen) atoms. The Morgan fingerprint density at radius 2 is 1.75 bits per heavy atom. The Labute approximate surface area is 165 Å². The number of carbonyl (C=O) groups is 1. The molecule has 0 aliphatic carbocycles. The lowest BCUT2D eigenvalue weighted by Crippen LogP contribution is -2.36. The number of para-hydroxylation sites is 1. The normalized spacial score (nSPS) is 15.2. The number of nitrogens with one attached hydrogen (secondary N) is 1. The summed E-state index contributed by atoms with van der Waals surface area (Å²) in [5.41, 5.74) is 5.63. The second-order valence-corrected chi connectivity index (χ2v) is 7.36. The third kappa shape index (κ3) is 3.43. The molecule has 0 bridgehead atoms. The van der Waals surface area contributed by atoms with Gasteiger partial charge in [0, 0.05) is 37.2 Å². The molecular formula is C23H24N4O. The average Bonchev–Trinajstić information content (AvgIpc) is 3.04. The minimum absolute atomic E-state index is 0.0562. The van der Waals surface area contributed by atoms with Gasteiger partial charge in [-0.15, -0.1) is 0 Å². The summed E-state index contributed by atoms with van der Waals surface area (Å²) in [5.74, 6) is -0.0562. The zero-order valence-corrected chi connectivity index (χ0v) is 16.4. The fraction of sp³-hybridized carbons (Fsp3) is 0.217. The van der Waals surface area contributed by atoms with Crippen molar-refractivity contribution in [1.29, 1.82) is 0 Å². The van der Waals surface area contributed by atoms with Crippen LogP contribution in [-0.2, 0) is 6.42 Å². The minimum Gasteiger partial charge on any atom is -0.378 e. The van der Waals surface area contributed by atoms with Gasteiger partial charge in [0.05, 0.1) is 11.9 Å². The second-order valence-electron chi connectivity index (χ2n) is 7.36. The van der Waals surface area contributed by atoms with Crippen molar-refractivity contribution in [1.82, 2.24) is 4.98 Å². The molecule has 3 aromatic rings. The van der Waals surface area contributed by atoms with E-state index in [2.05, 4.69) is 40.3 Å². The topological polar surface area (TPSA) is 48.5 Å². The smallest absolute Gasteiger partial charge is 0.277 e. The summed E-state index contributed by atoms with van der Waals surface area (Å²) in [7, 11) is 4.03. The van der Waals surface area contributed by atoms with E-state index in [1.54, 1.807) is 12.3 Å². The van der Waals surface area contributed by atoms with Gasteiger partial charge >= 0.3 is 0 Å². The number of anilines is 4. The monoisotopic (exact) mass is 372 g/mol. The molecule has 1 aliphatic heterocycles. The highest BCUT2D eigenvalue weighted by Gasteiger charge is 2.31. The Morgan fingerprint density at radius 3 is 2.43 bits per heavy atom. The van der Waals surface area contributed by atoms with Gasteiger partial charge in [-0.25, -0.2) is 4.98 Å². The van der Waals surface area contributed by atoms with Gasteiger partial charge in [-0.1, -0.05) is 18.2 Å². The molecule has 1 amide bonds. The highest BCUT2D eigenvalue weighted by molar-refractivity contribution is 6.06. The largest absolute Gasteiger partial charge is 0.378 e. The van der Waals surface area contributed by atoms with E-state index >= 15 is 0 Å². The first-order valence-corrected chi connectivity index (χ1v) is 9.45. The average molecular weight is 372 g/mol. The first-order valence-electron chi connectivity index (χ1n) is 9.45. The van der Waals surface area contributed by atoms with Crippen LogP contribution in [0.25, 0.3) is 0 Å². The highest BCUT2D eigenvalue weighted by Crippen LogP contribution is 2.33. The number of hydrogen-bond acceptors (Lipinski definition) is 4. The Bertz CT molecular complexity index is 980. The molecule has 0 spiro atoms. The number of hydrogen-bond donors (Lipinski definition) is 1. The van der Waals surface area contributed by atoms with Crippen LogP contribution in [0.2, 0.25) is 0 Å². The first-order chi connectivity index (χ1) is 13.5. The van der Waals surface area contributed by atoms with Crippen molar-refractivity contribution in [2.45, 2.75) is 19.4 Å². The van der Waals surface area contributed by atoms with Crippen molar-refractivity contribution in [3.05, 3.63) is 78.1 Å². The fourth-order valence-corrected chi connectivity index (χ4v) is 3.60. The second kappa shape index (κ2) is 7.35. The van der Waals surface area contributed by atoms with Gasteiger partial charge in [0.2, 0.25) is 0 Å². The van der Waals surface area contributed by atoms with Crippen molar-refractivity contribution in [2.24, 2.45) is 0 Å². The van der Waals surface area contributed by atoms with Crippen LogP contribution in [0.3, 0.4) is 0 Å². The van der Waals surface area contributed by atoms with Gasteiger partial charge < -0.3 is 15.1 Å². The maximum absolute atomic E-state index is 13.0. The zero-order valence-electron chi connectivity index (χ0n) is 16.4. The van der Waals surface area contributed by atoms with E-state index in [4.69, 9.17) is 0 Å². The lowest BCUT2D eigenvalue weighted by molar-refractivity contribution is 0.0976. The number of benzene rings is 2. The maximum Gasteiger partial charge on any atom is 0.277 e. The van der Waals surface area contributed by atoms with Gasteiger partial charge in [0.15, 0.2) is 0 Å². The van der Waals surface area contributed by atoms with Crippen molar-refractivity contribution >= 4 is 28.7 Å². The van der Waals surface area contributed by atoms with Gasteiger partial charge in [0.1, 0.15) is 5.69 Å². The van der Waals surface area contributed by atoms with Crippen LogP contribution in [0.5, 0.6) is 0 Å². The third-order valence-electron chi connectivity index (χ3n) is 5.08. The molecule has 5 nitrogen and oxygen atoms in total. The molecular weight excluding hydrogens is 348 g/mol. The number of pyridine rings is 1. The van der Waals surface area contributed by atoms with E-state index in [0.29, 0.717) is 5.69 Å². The Morgan fingerprint density at radius 1 is 1.04 bits per heavy atom. The van der Waals surface area contributed by atoms with E-state index in [1.165, 1.54) is 5.56 Å². The zero-order chi connectivity index (χ0) is 19.7. The Balaban J connectivity index is 1.49. The van der Waals surface area contributed by atoms with E-state index in [1.807, 2.05) is 55.4 Å². The number of rotatable bonds is 4. The Hall–Kier alpha value is -3.34. The van der Waals surface area contributed by atoms with E-state index in [9.17, 15) is 4.79 Å². The van der Waals surface area contributed by atoms with E-state index < -0.39 is 0 Å². The maximum atomic E-state index is 13.0. The third-order valence-corrected chi connectivity index (χ3v) is 5.08.